The number of methoxy groups -OCH3 is 1. The highest BCUT2D eigenvalue weighted by Gasteiger charge is 2.24. The van der Waals surface area contributed by atoms with E-state index in [0.29, 0.717) is 17.9 Å². The van der Waals surface area contributed by atoms with Gasteiger partial charge in [-0.25, -0.2) is 13.8 Å². The monoisotopic (exact) mass is 431 g/mol. The third-order valence-electron chi connectivity index (χ3n) is 4.67. The molecule has 30 heavy (non-hydrogen) atoms. The predicted octanol–water partition coefficient (Wildman–Crippen LogP) is 3.32. The highest BCUT2D eigenvalue weighted by Crippen LogP contribution is 2.29. The molecule has 0 atom stereocenters. The van der Waals surface area contributed by atoms with Crippen molar-refractivity contribution in [2.75, 3.05) is 24.2 Å². The van der Waals surface area contributed by atoms with Crippen molar-refractivity contribution in [1.82, 2.24) is 5.43 Å². The van der Waals surface area contributed by atoms with Gasteiger partial charge in [-0.05, 0) is 36.5 Å². The van der Waals surface area contributed by atoms with Crippen molar-refractivity contribution < 1.29 is 17.9 Å². The van der Waals surface area contributed by atoms with Crippen LogP contribution >= 0.6 is 0 Å². The summed E-state index contributed by atoms with van der Waals surface area (Å²) in [7, 11) is -2.26. The van der Waals surface area contributed by atoms with Crippen molar-refractivity contribution in [3.8, 4) is 5.75 Å². The van der Waals surface area contributed by atoms with Gasteiger partial charge in [0.1, 0.15) is 12.3 Å². The SMILES string of the molecule is COc1ccccc1N(CC(=O)N/N=C(/C)CC(C)(C)c1ccccc1)S(C)(=O)=O. The molecule has 0 bridgehead atoms. The lowest BCUT2D eigenvalue weighted by atomic mass is 9.80. The molecule has 0 fully saturated rings. The summed E-state index contributed by atoms with van der Waals surface area (Å²) in [5.74, 6) is -0.178. The Kier molecular flexibility index (Phi) is 7.61. The molecule has 0 aliphatic heterocycles. The van der Waals surface area contributed by atoms with Crippen LogP contribution in [0.3, 0.4) is 0 Å². The van der Waals surface area contributed by atoms with E-state index < -0.39 is 22.5 Å². The number of rotatable bonds is 9. The van der Waals surface area contributed by atoms with Gasteiger partial charge in [-0.2, -0.15) is 5.10 Å². The van der Waals surface area contributed by atoms with Crippen LogP contribution < -0.4 is 14.5 Å². The van der Waals surface area contributed by atoms with Gasteiger partial charge in [0.05, 0.1) is 19.1 Å². The maximum atomic E-state index is 12.4. The third kappa shape index (κ3) is 6.32. The molecule has 0 spiro atoms. The van der Waals surface area contributed by atoms with Crippen LogP contribution in [0.1, 0.15) is 32.8 Å². The van der Waals surface area contributed by atoms with Gasteiger partial charge in [-0.1, -0.05) is 56.3 Å². The van der Waals surface area contributed by atoms with Gasteiger partial charge >= 0.3 is 0 Å². The van der Waals surface area contributed by atoms with Crippen molar-refractivity contribution in [2.24, 2.45) is 5.10 Å². The summed E-state index contributed by atoms with van der Waals surface area (Å²) in [5.41, 5.74) is 4.51. The number of hydrogen-bond donors (Lipinski definition) is 1. The molecule has 7 nitrogen and oxygen atoms in total. The first-order chi connectivity index (χ1) is 14.0. The fraction of sp³-hybridized carbons (Fsp3) is 0.364. The molecule has 0 saturated carbocycles. The molecule has 0 heterocycles. The quantitative estimate of drug-likeness (QED) is 0.487. The van der Waals surface area contributed by atoms with Gasteiger partial charge in [-0.15, -0.1) is 0 Å². The second-order valence-electron chi connectivity index (χ2n) is 7.75. The average molecular weight is 432 g/mol. The van der Waals surface area contributed by atoms with Crippen molar-refractivity contribution in [3.63, 3.8) is 0 Å². The number of amides is 1. The van der Waals surface area contributed by atoms with Gasteiger partial charge in [0.15, 0.2) is 0 Å². The zero-order chi connectivity index (χ0) is 22.4. The molecule has 0 aliphatic rings. The number of anilines is 1. The number of carbonyl (C=O) groups excluding carboxylic acids is 1. The first kappa shape index (κ1) is 23.4. The molecular weight excluding hydrogens is 402 g/mol. The average Bonchev–Trinajstić information content (AvgIpc) is 2.70. The highest BCUT2D eigenvalue weighted by molar-refractivity contribution is 7.92. The Balaban J connectivity index is 2.10. The van der Waals surface area contributed by atoms with Crippen LogP contribution in [-0.4, -0.2) is 39.9 Å². The van der Waals surface area contributed by atoms with Gasteiger partial charge in [-0.3, -0.25) is 9.10 Å². The molecule has 2 rings (SSSR count). The topological polar surface area (TPSA) is 88.1 Å². The zero-order valence-corrected chi connectivity index (χ0v) is 18.9. The van der Waals surface area contributed by atoms with Crippen LogP contribution in [-0.2, 0) is 20.2 Å². The summed E-state index contributed by atoms with van der Waals surface area (Å²) < 4.78 is 30.8. The fourth-order valence-corrected chi connectivity index (χ4v) is 4.07. The van der Waals surface area contributed by atoms with Crippen molar-refractivity contribution in [2.45, 2.75) is 32.6 Å². The van der Waals surface area contributed by atoms with Crippen LogP contribution in [0.2, 0.25) is 0 Å². The van der Waals surface area contributed by atoms with E-state index in [1.807, 2.05) is 25.1 Å². The smallest absolute Gasteiger partial charge is 0.260 e. The number of ether oxygens (including phenoxy) is 1. The predicted molar refractivity (Wildman–Crippen MR) is 121 cm³/mol. The molecule has 0 aliphatic carbocycles. The fourth-order valence-electron chi connectivity index (χ4n) is 3.21. The Morgan fingerprint density at radius 1 is 1.10 bits per heavy atom. The second-order valence-corrected chi connectivity index (χ2v) is 9.66. The lowest BCUT2D eigenvalue weighted by Crippen LogP contribution is -2.39. The van der Waals surface area contributed by atoms with Crippen molar-refractivity contribution in [3.05, 3.63) is 60.2 Å². The molecule has 0 unspecified atom stereocenters. The highest BCUT2D eigenvalue weighted by atomic mass is 32.2. The number of benzene rings is 2. The van der Waals surface area contributed by atoms with E-state index >= 15 is 0 Å². The number of hydrogen-bond acceptors (Lipinski definition) is 5. The first-order valence-corrected chi connectivity index (χ1v) is 11.4. The van der Waals surface area contributed by atoms with Gasteiger partial charge in [0.2, 0.25) is 10.0 Å². The second kappa shape index (κ2) is 9.75. The van der Waals surface area contributed by atoms with E-state index in [-0.39, 0.29) is 5.41 Å². The minimum atomic E-state index is -3.70. The maximum absolute atomic E-state index is 12.4. The Labute approximate surface area is 178 Å². The van der Waals surface area contributed by atoms with Crippen LogP contribution in [0.15, 0.2) is 59.7 Å². The molecule has 1 amide bonds. The minimum Gasteiger partial charge on any atom is -0.495 e. The van der Waals surface area contributed by atoms with E-state index in [2.05, 4.69) is 36.5 Å². The molecule has 2 aromatic rings. The van der Waals surface area contributed by atoms with Crippen molar-refractivity contribution >= 4 is 27.3 Å². The van der Waals surface area contributed by atoms with Gasteiger partial charge in [0.25, 0.3) is 5.91 Å². The Hall–Kier alpha value is -2.87. The van der Waals surface area contributed by atoms with E-state index in [9.17, 15) is 13.2 Å². The van der Waals surface area contributed by atoms with E-state index in [0.717, 1.165) is 16.3 Å². The summed E-state index contributed by atoms with van der Waals surface area (Å²) >= 11 is 0. The summed E-state index contributed by atoms with van der Waals surface area (Å²) in [6.45, 7) is 5.64. The van der Waals surface area contributed by atoms with Gasteiger partial charge in [0, 0.05) is 5.71 Å². The minimum absolute atomic E-state index is 0.157. The third-order valence-corrected chi connectivity index (χ3v) is 5.79. The zero-order valence-electron chi connectivity index (χ0n) is 18.0. The molecule has 0 aromatic heterocycles. The lowest BCUT2D eigenvalue weighted by Gasteiger charge is -2.25. The number of para-hydroxylation sites is 2. The normalized spacial score (nSPS) is 12.4. The van der Waals surface area contributed by atoms with Crippen LogP contribution in [0.5, 0.6) is 5.75 Å². The van der Waals surface area contributed by atoms with Gasteiger partial charge < -0.3 is 4.74 Å². The molecular formula is C22H29N3O4S. The molecule has 1 N–H and O–H groups in total. The number of carbonyl (C=O) groups is 1. The summed E-state index contributed by atoms with van der Waals surface area (Å²) in [6, 6.07) is 16.7. The Morgan fingerprint density at radius 2 is 1.70 bits per heavy atom. The molecule has 162 valence electrons. The number of hydrazone groups is 1. The van der Waals surface area contributed by atoms with Crippen LogP contribution in [0, 0.1) is 0 Å². The number of nitrogens with one attached hydrogen (secondary N) is 1. The number of sulfonamides is 1. The van der Waals surface area contributed by atoms with Crippen molar-refractivity contribution in [1.29, 1.82) is 0 Å². The summed E-state index contributed by atoms with van der Waals surface area (Å²) in [5, 5.41) is 4.17. The summed E-state index contributed by atoms with van der Waals surface area (Å²) in [6.07, 6.45) is 1.68. The van der Waals surface area contributed by atoms with Crippen LogP contribution in [0.25, 0.3) is 0 Å². The molecule has 0 radical (unpaired) electrons. The first-order valence-electron chi connectivity index (χ1n) is 9.53. The summed E-state index contributed by atoms with van der Waals surface area (Å²) in [4.78, 5) is 12.4. The van der Waals surface area contributed by atoms with E-state index in [4.69, 9.17) is 4.74 Å². The maximum Gasteiger partial charge on any atom is 0.260 e. The lowest BCUT2D eigenvalue weighted by molar-refractivity contribution is -0.119. The standard InChI is InChI=1S/C22H29N3O4S/c1-17(15-22(2,3)18-11-7-6-8-12-18)23-24-21(26)16-25(30(5,27)28)19-13-9-10-14-20(19)29-4/h6-14H,15-16H2,1-5H3,(H,24,26)/b23-17-. The molecule has 8 heteroatoms. The molecule has 0 saturated heterocycles. The Morgan fingerprint density at radius 3 is 2.30 bits per heavy atom. The largest absolute Gasteiger partial charge is 0.495 e. The van der Waals surface area contributed by atoms with E-state index in [1.54, 1.807) is 24.3 Å². The van der Waals surface area contributed by atoms with Crippen LogP contribution in [0.4, 0.5) is 5.69 Å². The Bertz CT molecular complexity index is 1000. The number of nitrogens with zero attached hydrogens (tertiary/aromatic N) is 2. The van der Waals surface area contributed by atoms with E-state index in [1.165, 1.54) is 12.7 Å². The molecule has 2 aromatic carbocycles.